The molecule has 0 radical (unpaired) electrons. The van der Waals surface area contributed by atoms with Crippen LogP contribution in [0.25, 0.3) is 0 Å². The molecule has 0 heterocycles. The molecule has 2 nitrogen and oxygen atoms in total. The second-order valence-corrected chi connectivity index (χ2v) is 9.53. The van der Waals surface area contributed by atoms with E-state index in [1.165, 1.54) is 32.1 Å². The van der Waals surface area contributed by atoms with Crippen LogP contribution in [0.4, 0.5) is 0 Å². The van der Waals surface area contributed by atoms with Gasteiger partial charge in [-0.3, -0.25) is 4.79 Å². The van der Waals surface area contributed by atoms with Crippen LogP contribution in [0, 0.1) is 28.6 Å². The van der Waals surface area contributed by atoms with E-state index < -0.39 is 0 Å². The van der Waals surface area contributed by atoms with Gasteiger partial charge < -0.3 is 5.32 Å². The minimum Gasteiger partial charge on any atom is -0.355 e. The van der Waals surface area contributed by atoms with Crippen LogP contribution in [0.1, 0.15) is 64.7 Å². The third kappa shape index (κ3) is 2.42. The smallest absolute Gasteiger partial charge is 0.226 e. The third-order valence-corrected chi connectivity index (χ3v) is 7.50. The molecule has 5 fully saturated rings. The van der Waals surface area contributed by atoms with E-state index in [9.17, 15) is 4.79 Å². The molecule has 0 spiro atoms. The predicted molar refractivity (Wildman–Crippen MR) is 85.2 cm³/mol. The summed E-state index contributed by atoms with van der Waals surface area (Å²) in [6.45, 7) is 3.24. The van der Waals surface area contributed by atoms with Crippen LogP contribution < -0.4 is 5.32 Å². The topological polar surface area (TPSA) is 29.1 Å². The van der Waals surface area contributed by atoms with Gasteiger partial charge >= 0.3 is 0 Å². The highest BCUT2D eigenvalue weighted by atomic mass is 35.5. The molecule has 4 unspecified atom stereocenters. The van der Waals surface area contributed by atoms with Gasteiger partial charge in [-0.05, 0) is 74.5 Å². The second-order valence-electron chi connectivity index (χ2n) is 8.97. The molecular weight excluding hydrogens is 282 g/mol. The Kier molecular flexibility index (Phi) is 3.33. The summed E-state index contributed by atoms with van der Waals surface area (Å²) in [4.78, 5) is 12.9. The van der Waals surface area contributed by atoms with E-state index >= 15 is 0 Å². The van der Waals surface area contributed by atoms with E-state index in [-0.39, 0.29) is 10.8 Å². The van der Waals surface area contributed by atoms with Gasteiger partial charge in [-0.15, -0.1) is 11.6 Å². The van der Waals surface area contributed by atoms with Crippen LogP contribution >= 0.6 is 11.6 Å². The van der Waals surface area contributed by atoms with E-state index in [1.807, 2.05) is 0 Å². The lowest BCUT2D eigenvalue weighted by molar-refractivity contribution is -0.155. The van der Waals surface area contributed by atoms with Crippen molar-refractivity contribution in [3.63, 3.8) is 0 Å². The maximum absolute atomic E-state index is 12.9. The second kappa shape index (κ2) is 4.88. The monoisotopic (exact) mass is 309 g/mol. The molecule has 5 saturated carbocycles. The van der Waals surface area contributed by atoms with Crippen LogP contribution in [-0.2, 0) is 4.79 Å². The summed E-state index contributed by atoms with van der Waals surface area (Å²) in [6.07, 6.45) is 11.1. The van der Waals surface area contributed by atoms with Crippen LogP contribution in [-0.4, -0.2) is 17.8 Å². The van der Waals surface area contributed by atoms with Crippen molar-refractivity contribution in [3.05, 3.63) is 0 Å². The Morgan fingerprint density at radius 3 is 2.48 bits per heavy atom. The molecule has 0 aromatic rings. The van der Waals surface area contributed by atoms with Crippen molar-refractivity contribution in [1.29, 1.82) is 0 Å². The summed E-state index contributed by atoms with van der Waals surface area (Å²) in [6, 6.07) is 0. The molecule has 5 aliphatic carbocycles. The van der Waals surface area contributed by atoms with Crippen molar-refractivity contribution in [2.24, 2.45) is 28.6 Å². The van der Waals surface area contributed by atoms with E-state index in [1.54, 1.807) is 0 Å². The van der Waals surface area contributed by atoms with Gasteiger partial charge in [0.2, 0.25) is 5.91 Å². The van der Waals surface area contributed by atoms with Gasteiger partial charge in [0.1, 0.15) is 0 Å². The first-order valence-corrected chi connectivity index (χ1v) is 9.34. The number of alkyl halides is 1. The number of carbonyl (C=O) groups is 1. The average molecular weight is 310 g/mol. The first kappa shape index (κ1) is 14.4. The number of amides is 1. The maximum Gasteiger partial charge on any atom is 0.226 e. The van der Waals surface area contributed by atoms with Crippen LogP contribution in [0.5, 0.6) is 0 Å². The Morgan fingerprint density at radius 2 is 1.90 bits per heavy atom. The van der Waals surface area contributed by atoms with Crippen LogP contribution in [0.2, 0.25) is 0 Å². The zero-order valence-corrected chi connectivity index (χ0v) is 13.9. The third-order valence-electron chi connectivity index (χ3n) is 6.93. The van der Waals surface area contributed by atoms with Crippen molar-refractivity contribution in [2.75, 3.05) is 6.54 Å². The highest BCUT2D eigenvalue weighted by Crippen LogP contribution is 2.65. The number of halogens is 1. The lowest BCUT2D eigenvalue weighted by Gasteiger charge is -2.60. The van der Waals surface area contributed by atoms with Crippen molar-refractivity contribution in [2.45, 2.75) is 70.1 Å². The standard InChI is InChI=1S/C18H28ClNO/c1-17-6-12-5-13(7-17)9-18(8-12,11-17)16(21)20-10-14-3-2-4-15(14)19/h12-15H,2-11H2,1H3,(H,20,21). The van der Waals surface area contributed by atoms with Crippen molar-refractivity contribution in [1.82, 2.24) is 5.32 Å². The molecule has 118 valence electrons. The quantitative estimate of drug-likeness (QED) is 0.781. The highest BCUT2D eigenvalue weighted by molar-refractivity contribution is 6.21. The van der Waals surface area contributed by atoms with Crippen LogP contribution in [0.15, 0.2) is 0 Å². The Balaban J connectivity index is 1.44. The average Bonchev–Trinajstić information content (AvgIpc) is 2.78. The predicted octanol–water partition coefficient (Wildman–Crippen LogP) is 4.12. The number of hydrogen-bond acceptors (Lipinski definition) is 1. The van der Waals surface area contributed by atoms with Gasteiger partial charge in [0.15, 0.2) is 0 Å². The summed E-state index contributed by atoms with van der Waals surface area (Å²) in [5, 5.41) is 3.58. The molecule has 21 heavy (non-hydrogen) atoms. The van der Waals surface area contributed by atoms with E-state index in [0.29, 0.717) is 17.2 Å². The van der Waals surface area contributed by atoms with E-state index in [0.717, 1.165) is 44.1 Å². The van der Waals surface area contributed by atoms with Crippen molar-refractivity contribution < 1.29 is 4.79 Å². The Bertz CT molecular complexity index is 434. The molecule has 0 saturated heterocycles. The van der Waals surface area contributed by atoms with Gasteiger partial charge in [0.05, 0.1) is 5.41 Å². The van der Waals surface area contributed by atoms with Crippen LogP contribution in [0.3, 0.4) is 0 Å². The molecule has 0 aromatic heterocycles. The van der Waals surface area contributed by atoms with Crippen molar-refractivity contribution >= 4 is 17.5 Å². The summed E-state index contributed by atoms with van der Waals surface area (Å²) in [7, 11) is 0. The molecule has 5 aliphatic rings. The number of nitrogens with one attached hydrogen (secondary N) is 1. The minimum absolute atomic E-state index is 0.0285. The summed E-state index contributed by atoms with van der Waals surface area (Å²) < 4.78 is 0. The summed E-state index contributed by atoms with van der Waals surface area (Å²) >= 11 is 6.35. The van der Waals surface area contributed by atoms with Crippen molar-refractivity contribution in [3.8, 4) is 0 Å². The van der Waals surface area contributed by atoms with Gasteiger partial charge in [-0.2, -0.15) is 0 Å². The normalized spacial score (nSPS) is 51.3. The highest BCUT2D eigenvalue weighted by Gasteiger charge is 2.58. The summed E-state index contributed by atoms with van der Waals surface area (Å²) in [5.74, 6) is 2.49. The lowest BCUT2D eigenvalue weighted by atomic mass is 9.44. The molecule has 5 rings (SSSR count). The first-order chi connectivity index (χ1) is 9.98. The fourth-order valence-electron chi connectivity index (χ4n) is 6.62. The van der Waals surface area contributed by atoms with Gasteiger partial charge in [0.25, 0.3) is 0 Å². The van der Waals surface area contributed by atoms with E-state index in [4.69, 9.17) is 11.6 Å². The SMILES string of the molecule is CC12CC3CC(C1)CC(C(=O)NCC1CCCC1Cl)(C3)C2. The zero-order chi connectivity index (χ0) is 14.7. The number of rotatable bonds is 3. The molecular formula is C18H28ClNO. The Hall–Kier alpha value is -0.240. The number of carbonyl (C=O) groups excluding carboxylic acids is 1. The summed E-state index contributed by atoms with van der Waals surface area (Å²) in [5.41, 5.74) is 0.420. The molecule has 4 atom stereocenters. The molecule has 3 heteroatoms. The largest absolute Gasteiger partial charge is 0.355 e. The first-order valence-electron chi connectivity index (χ1n) is 8.90. The van der Waals surface area contributed by atoms with Gasteiger partial charge in [0, 0.05) is 11.9 Å². The maximum atomic E-state index is 12.9. The van der Waals surface area contributed by atoms with E-state index in [2.05, 4.69) is 12.2 Å². The number of hydrogen-bond donors (Lipinski definition) is 1. The molecule has 0 aromatic carbocycles. The molecule has 4 bridgehead atoms. The molecule has 1 N–H and O–H groups in total. The Morgan fingerprint density at radius 1 is 1.19 bits per heavy atom. The fourth-order valence-corrected chi connectivity index (χ4v) is 6.99. The minimum atomic E-state index is -0.0285. The molecule has 1 amide bonds. The Labute approximate surface area is 133 Å². The zero-order valence-electron chi connectivity index (χ0n) is 13.2. The lowest BCUT2D eigenvalue weighted by Crippen LogP contribution is -2.57. The van der Waals surface area contributed by atoms with Gasteiger partial charge in [-0.1, -0.05) is 13.3 Å². The fraction of sp³-hybridized carbons (Fsp3) is 0.944. The van der Waals surface area contributed by atoms with Gasteiger partial charge in [-0.25, -0.2) is 0 Å². The molecule has 0 aliphatic heterocycles.